The molecule has 1 aliphatic rings. The fourth-order valence-corrected chi connectivity index (χ4v) is 4.04. The molecule has 1 aromatic heterocycles. The zero-order valence-corrected chi connectivity index (χ0v) is 18.4. The van der Waals surface area contributed by atoms with E-state index in [-0.39, 0.29) is 18.4 Å². The number of amides is 2. The quantitative estimate of drug-likeness (QED) is 0.623. The van der Waals surface area contributed by atoms with Crippen LogP contribution in [0.5, 0.6) is 11.5 Å². The Bertz CT molecular complexity index is 1110. The first-order valence-electron chi connectivity index (χ1n) is 10.0. The predicted molar refractivity (Wildman–Crippen MR) is 121 cm³/mol. The zero-order chi connectivity index (χ0) is 22.0. The lowest BCUT2D eigenvalue weighted by molar-refractivity contribution is -0.125. The number of nitrogens with one attached hydrogen (secondary N) is 1. The topological polar surface area (TPSA) is 80.8 Å². The van der Waals surface area contributed by atoms with Crippen LogP contribution in [0.4, 0.5) is 11.4 Å². The summed E-state index contributed by atoms with van der Waals surface area (Å²) in [4.78, 5) is 31.7. The fraction of sp³-hybridized carbons (Fsp3) is 0.261. The number of nitrogens with zero attached hydrogens (tertiary/aromatic N) is 2. The van der Waals surface area contributed by atoms with E-state index in [1.807, 2.05) is 37.4 Å². The maximum Gasteiger partial charge on any atom is 0.265 e. The minimum atomic E-state index is -0.728. The Morgan fingerprint density at radius 2 is 2.06 bits per heavy atom. The third kappa shape index (κ3) is 4.39. The van der Waals surface area contributed by atoms with Gasteiger partial charge in [-0.1, -0.05) is 0 Å². The number of rotatable bonds is 6. The summed E-state index contributed by atoms with van der Waals surface area (Å²) in [7, 11) is 0. The van der Waals surface area contributed by atoms with Gasteiger partial charge in [0.1, 0.15) is 17.5 Å². The number of carbonyl (C=O) groups is 2. The first-order chi connectivity index (χ1) is 15.0. The average Bonchev–Trinajstić information content (AvgIpc) is 3.20. The van der Waals surface area contributed by atoms with Gasteiger partial charge in [-0.25, -0.2) is 4.98 Å². The van der Waals surface area contributed by atoms with Gasteiger partial charge in [-0.3, -0.25) is 14.5 Å². The van der Waals surface area contributed by atoms with Crippen LogP contribution in [0.2, 0.25) is 0 Å². The van der Waals surface area contributed by atoms with Crippen LogP contribution >= 0.6 is 11.3 Å². The minimum Gasteiger partial charge on any atom is -0.494 e. The van der Waals surface area contributed by atoms with Gasteiger partial charge in [0.25, 0.3) is 5.91 Å². The van der Waals surface area contributed by atoms with Crippen molar-refractivity contribution in [2.45, 2.75) is 26.8 Å². The van der Waals surface area contributed by atoms with Crippen molar-refractivity contribution in [3.8, 4) is 22.8 Å². The minimum absolute atomic E-state index is 0.108. The Labute approximate surface area is 184 Å². The molecule has 4 rings (SSSR count). The highest BCUT2D eigenvalue weighted by atomic mass is 32.1. The number of benzene rings is 2. The van der Waals surface area contributed by atoms with Crippen LogP contribution in [0, 0.1) is 6.92 Å². The largest absolute Gasteiger partial charge is 0.494 e. The van der Waals surface area contributed by atoms with Crippen LogP contribution in [-0.2, 0) is 9.59 Å². The summed E-state index contributed by atoms with van der Waals surface area (Å²) in [6.07, 6.45) is 0. The van der Waals surface area contributed by atoms with Crippen molar-refractivity contribution < 1.29 is 19.1 Å². The molecule has 8 heteroatoms. The molecular formula is C23H23N3O4S. The molecule has 2 amide bonds. The summed E-state index contributed by atoms with van der Waals surface area (Å²) in [5.41, 5.74) is 2.89. The van der Waals surface area contributed by atoms with Crippen molar-refractivity contribution >= 4 is 34.5 Å². The van der Waals surface area contributed by atoms with Gasteiger partial charge >= 0.3 is 0 Å². The van der Waals surface area contributed by atoms with Gasteiger partial charge in [-0.15, -0.1) is 11.3 Å². The number of aromatic nitrogens is 1. The second kappa shape index (κ2) is 8.77. The summed E-state index contributed by atoms with van der Waals surface area (Å²) in [5.74, 6) is 0.736. The number of aryl methyl sites for hydroxylation is 1. The monoisotopic (exact) mass is 437 g/mol. The fourth-order valence-electron chi connectivity index (χ4n) is 3.42. The number of thiazole rings is 1. The van der Waals surface area contributed by atoms with Gasteiger partial charge < -0.3 is 14.8 Å². The Morgan fingerprint density at radius 1 is 1.29 bits per heavy atom. The number of hydrogen-bond donors (Lipinski definition) is 1. The molecule has 1 unspecified atom stereocenters. The summed E-state index contributed by atoms with van der Waals surface area (Å²) < 4.78 is 11.0. The highest BCUT2D eigenvalue weighted by Crippen LogP contribution is 2.37. The van der Waals surface area contributed by atoms with Gasteiger partial charge in [-0.2, -0.15) is 0 Å². The van der Waals surface area contributed by atoms with Crippen LogP contribution in [0.1, 0.15) is 18.9 Å². The van der Waals surface area contributed by atoms with Crippen molar-refractivity contribution in [3.05, 3.63) is 52.9 Å². The van der Waals surface area contributed by atoms with Crippen molar-refractivity contribution in [2.24, 2.45) is 0 Å². The van der Waals surface area contributed by atoms with E-state index in [1.54, 1.807) is 42.5 Å². The molecule has 2 heterocycles. The molecule has 160 valence electrons. The third-order valence-electron chi connectivity index (χ3n) is 4.95. The van der Waals surface area contributed by atoms with Crippen molar-refractivity contribution in [2.75, 3.05) is 23.4 Å². The van der Waals surface area contributed by atoms with E-state index in [0.29, 0.717) is 23.7 Å². The standard InChI is InChI=1S/C23H23N3O4S/c1-4-29-18-8-6-17(7-9-18)25-23(28)14(2)26-20-11-16(19-13-31-15(3)24-19)5-10-21(20)30-12-22(26)27/h5-11,13-14H,4,12H2,1-3H3,(H,25,28). The maximum atomic E-state index is 12.9. The second-order valence-corrected chi connectivity index (χ2v) is 8.17. The zero-order valence-electron chi connectivity index (χ0n) is 17.5. The van der Waals surface area contributed by atoms with Gasteiger partial charge in [0, 0.05) is 16.6 Å². The molecule has 0 spiro atoms. The van der Waals surface area contributed by atoms with Crippen LogP contribution in [0.15, 0.2) is 47.8 Å². The number of ether oxygens (including phenoxy) is 2. The van der Waals surface area contributed by atoms with Crippen molar-refractivity contribution in [1.82, 2.24) is 4.98 Å². The molecular weight excluding hydrogens is 414 g/mol. The van der Waals surface area contributed by atoms with E-state index in [9.17, 15) is 9.59 Å². The molecule has 1 aliphatic heterocycles. The first-order valence-corrected chi connectivity index (χ1v) is 10.9. The van der Waals surface area contributed by atoms with Crippen LogP contribution in [0.3, 0.4) is 0 Å². The van der Waals surface area contributed by atoms with E-state index >= 15 is 0 Å². The molecule has 0 aliphatic carbocycles. The highest BCUT2D eigenvalue weighted by Gasteiger charge is 2.33. The summed E-state index contributed by atoms with van der Waals surface area (Å²) >= 11 is 1.56. The van der Waals surface area contributed by atoms with Gasteiger partial charge in [0.05, 0.1) is 23.0 Å². The van der Waals surface area contributed by atoms with E-state index in [0.717, 1.165) is 22.0 Å². The first kappa shape index (κ1) is 20.9. The van der Waals surface area contributed by atoms with E-state index < -0.39 is 6.04 Å². The molecule has 0 radical (unpaired) electrons. The lowest BCUT2D eigenvalue weighted by atomic mass is 10.1. The Kier molecular flexibility index (Phi) is 5.90. The molecule has 2 aromatic carbocycles. The average molecular weight is 438 g/mol. The summed E-state index contributed by atoms with van der Waals surface area (Å²) in [6, 6.07) is 12.0. The number of hydrogen-bond acceptors (Lipinski definition) is 6. The van der Waals surface area contributed by atoms with Crippen LogP contribution in [0.25, 0.3) is 11.3 Å². The molecule has 1 N–H and O–H groups in total. The highest BCUT2D eigenvalue weighted by molar-refractivity contribution is 7.09. The van der Waals surface area contributed by atoms with E-state index in [2.05, 4.69) is 10.3 Å². The number of carbonyl (C=O) groups excluding carboxylic acids is 2. The molecule has 31 heavy (non-hydrogen) atoms. The molecule has 0 saturated carbocycles. The molecule has 1 atom stereocenters. The lowest BCUT2D eigenvalue weighted by Gasteiger charge is -2.33. The number of fused-ring (bicyclic) bond motifs is 1. The van der Waals surface area contributed by atoms with Crippen molar-refractivity contribution in [3.63, 3.8) is 0 Å². The summed E-state index contributed by atoms with van der Waals surface area (Å²) in [5, 5.41) is 5.79. The van der Waals surface area contributed by atoms with E-state index in [1.165, 1.54) is 4.90 Å². The van der Waals surface area contributed by atoms with Crippen molar-refractivity contribution in [1.29, 1.82) is 0 Å². The Hall–Kier alpha value is -3.39. The van der Waals surface area contributed by atoms with E-state index in [4.69, 9.17) is 9.47 Å². The smallest absolute Gasteiger partial charge is 0.265 e. The second-order valence-electron chi connectivity index (χ2n) is 7.11. The van der Waals surface area contributed by atoms with Crippen LogP contribution < -0.4 is 19.7 Å². The maximum absolute atomic E-state index is 12.9. The Morgan fingerprint density at radius 3 is 2.74 bits per heavy atom. The summed E-state index contributed by atoms with van der Waals surface area (Å²) in [6.45, 7) is 6.03. The van der Waals surface area contributed by atoms with Gasteiger partial charge in [0.15, 0.2) is 6.61 Å². The normalized spacial score (nSPS) is 13.9. The molecule has 7 nitrogen and oxygen atoms in total. The molecule has 0 fully saturated rings. The lowest BCUT2D eigenvalue weighted by Crippen LogP contribution is -2.49. The predicted octanol–water partition coefficient (Wildman–Crippen LogP) is 4.27. The third-order valence-corrected chi connectivity index (χ3v) is 5.73. The molecule has 3 aromatic rings. The van der Waals surface area contributed by atoms with Gasteiger partial charge in [-0.05, 0) is 63.2 Å². The Balaban J connectivity index is 1.58. The van der Waals surface area contributed by atoms with Crippen LogP contribution in [-0.4, -0.2) is 36.1 Å². The molecule has 0 saturated heterocycles. The van der Waals surface area contributed by atoms with Gasteiger partial charge in [0.2, 0.25) is 5.91 Å². The SMILES string of the molecule is CCOc1ccc(NC(=O)C(C)N2C(=O)COc3ccc(-c4csc(C)n4)cc32)cc1. The number of anilines is 2. The molecule has 0 bridgehead atoms.